The Morgan fingerprint density at radius 2 is 1.68 bits per heavy atom. The Kier molecular flexibility index (Phi) is 7.41. The van der Waals surface area contributed by atoms with Crippen LogP contribution in [0.3, 0.4) is 0 Å². The van der Waals surface area contributed by atoms with Crippen molar-refractivity contribution < 1.29 is 4.39 Å². The molecule has 0 unspecified atom stereocenters. The summed E-state index contributed by atoms with van der Waals surface area (Å²) in [5, 5.41) is 6.65. The molecule has 0 saturated heterocycles. The van der Waals surface area contributed by atoms with Crippen LogP contribution in [0.1, 0.15) is 16.7 Å². The molecule has 5 heteroatoms. The molecule has 2 rings (SSSR count). The predicted octanol–water partition coefficient (Wildman–Crippen LogP) is 2.80. The normalized spacial score (nSPS) is 11.6. The monoisotopic (exact) mass is 342 g/mol. The summed E-state index contributed by atoms with van der Waals surface area (Å²) in [4.78, 5) is 6.42. The molecule has 0 aliphatic rings. The molecule has 0 fully saturated rings. The second kappa shape index (κ2) is 9.79. The van der Waals surface area contributed by atoms with Gasteiger partial charge < -0.3 is 15.5 Å². The Bertz CT molecular complexity index is 680. The molecule has 0 aliphatic carbocycles. The molecule has 0 atom stereocenters. The summed E-state index contributed by atoms with van der Waals surface area (Å²) >= 11 is 0. The minimum Gasteiger partial charge on any atom is -0.356 e. The van der Waals surface area contributed by atoms with Crippen molar-refractivity contribution >= 4 is 5.96 Å². The van der Waals surface area contributed by atoms with Crippen molar-refractivity contribution in [2.24, 2.45) is 4.99 Å². The summed E-state index contributed by atoms with van der Waals surface area (Å²) in [6, 6.07) is 15.0. The zero-order valence-electron chi connectivity index (χ0n) is 15.2. The highest BCUT2D eigenvalue weighted by molar-refractivity contribution is 5.79. The first kappa shape index (κ1) is 18.9. The first-order chi connectivity index (χ1) is 12.1. The van der Waals surface area contributed by atoms with Crippen LogP contribution in [-0.4, -0.2) is 38.5 Å². The first-order valence-corrected chi connectivity index (χ1v) is 8.49. The van der Waals surface area contributed by atoms with Crippen LogP contribution in [0.15, 0.2) is 53.5 Å². The largest absolute Gasteiger partial charge is 0.356 e. The highest BCUT2D eigenvalue weighted by atomic mass is 19.1. The number of benzene rings is 2. The Morgan fingerprint density at radius 1 is 1.00 bits per heavy atom. The van der Waals surface area contributed by atoms with Crippen LogP contribution in [-0.2, 0) is 19.5 Å². The van der Waals surface area contributed by atoms with Gasteiger partial charge in [0.15, 0.2) is 5.96 Å². The maximum absolute atomic E-state index is 12.9. The van der Waals surface area contributed by atoms with Crippen molar-refractivity contribution in [3.63, 3.8) is 0 Å². The van der Waals surface area contributed by atoms with Crippen molar-refractivity contribution in [3.05, 3.63) is 71.0 Å². The van der Waals surface area contributed by atoms with Crippen molar-refractivity contribution in [2.45, 2.75) is 19.5 Å². The van der Waals surface area contributed by atoms with Crippen molar-refractivity contribution in [1.82, 2.24) is 15.5 Å². The van der Waals surface area contributed by atoms with E-state index in [1.807, 2.05) is 12.1 Å². The lowest BCUT2D eigenvalue weighted by Crippen LogP contribution is -2.38. The molecular formula is C20H27FN4. The van der Waals surface area contributed by atoms with Crippen LogP contribution in [0.5, 0.6) is 0 Å². The molecule has 25 heavy (non-hydrogen) atoms. The van der Waals surface area contributed by atoms with E-state index in [0.717, 1.165) is 37.6 Å². The number of nitrogens with one attached hydrogen (secondary N) is 2. The molecule has 0 saturated carbocycles. The molecule has 0 heterocycles. The van der Waals surface area contributed by atoms with Crippen LogP contribution < -0.4 is 10.6 Å². The molecule has 4 nitrogen and oxygen atoms in total. The molecule has 0 radical (unpaired) electrons. The van der Waals surface area contributed by atoms with Gasteiger partial charge in [-0.25, -0.2) is 4.39 Å². The fourth-order valence-electron chi connectivity index (χ4n) is 2.60. The minimum absolute atomic E-state index is 0.203. The Balaban J connectivity index is 1.83. The zero-order chi connectivity index (χ0) is 18.1. The summed E-state index contributed by atoms with van der Waals surface area (Å²) in [7, 11) is 5.90. The van der Waals surface area contributed by atoms with Crippen LogP contribution in [0.4, 0.5) is 4.39 Å². The lowest BCUT2D eigenvalue weighted by molar-refractivity contribution is 0.400. The van der Waals surface area contributed by atoms with E-state index in [-0.39, 0.29) is 5.82 Å². The summed E-state index contributed by atoms with van der Waals surface area (Å²) in [6.45, 7) is 2.37. The smallest absolute Gasteiger partial charge is 0.191 e. The maximum atomic E-state index is 12.9. The van der Waals surface area contributed by atoms with Gasteiger partial charge in [-0.3, -0.25) is 4.99 Å². The van der Waals surface area contributed by atoms with Gasteiger partial charge in [-0.1, -0.05) is 36.4 Å². The first-order valence-electron chi connectivity index (χ1n) is 8.49. The average molecular weight is 342 g/mol. The summed E-state index contributed by atoms with van der Waals surface area (Å²) in [5.74, 6) is 0.562. The zero-order valence-corrected chi connectivity index (χ0v) is 15.2. The number of hydrogen-bond donors (Lipinski definition) is 2. The van der Waals surface area contributed by atoms with Gasteiger partial charge in [-0.15, -0.1) is 0 Å². The SMILES string of the molecule is CN=C(NCCc1ccc(F)cc1)NCc1ccccc1CN(C)C. The van der Waals surface area contributed by atoms with Crippen molar-refractivity contribution in [2.75, 3.05) is 27.7 Å². The summed E-state index contributed by atoms with van der Waals surface area (Å²) in [5.41, 5.74) is 3.67. The third-order valence-electron chi connectivity index (χ3n) is 3.89. The number of aliphatic imine (C=N–C) groups is 1. The van der Waals surface area contributed by atoms with E-state index >= 15 is 0 Å². The standard InChI is InChI=1S/C20H27FN4/c1-22-20(23-13-12-16-8-10-19(21)11-9-16)24-14-17-6-4-5-7-18(17)15-25(2)3/h4-11H,12-15H2,1-3H3,(H2,22,23,24). The second-order valence-corrected chi connectivity index (χ2v) is 6.24. The Morgan fingerprint density at radius 3 is 2.32 bits per heavy atom. The number of halogens is 1. The molecule has 0 amide bonds. The highest BCUT2D eigenvalue weighted by Gasteiger charge is 2.04. The van der Waals surface area contributed by atoms with Gasteiger partial charge in [0.05, 0.1) is 0 Å². The highest BCUT2D eigenvalue weighted by Crippen LogP contribution is 2.10. The van der Waals surface area contributed by atoms with E-state index in [9.17, 15) is 4.39 Å². The van der Waals surface area contributed by atoms with Gasteiger partial charge in [-0.2, -0.15) is 0 Å². The van der Waals surface area contributed by atoms with E-state index < -0.39 is 0 Å². The number of nitrogens with zero attached hydrogens (tertiary/aromatic N) is 2. The van der Waals surface area contributed by atoms with Gasteiger partial charge >= 0.3 is 0 Å². The molecule has 0 spiro atoms. The molecule has 2 aromatic rings. The molecule has 0 bridgehead atoms. The van der Waals surface area contributed by atoms with Crippen molar-refractivity contribution in [1.29, 1.82) is 0 Å². The summed E-state index contributed by atoms with van der Waals surface area (Å²) in [6.07, 6.45) is 0.818. The van der Waals surface area contributed by atoms with E-state index in [0.29, 0.717) is 0 Å². The molecule has 2 aromatic carbocycles. The molecule has 2 N–H and O–H groups in total. The number of guanidine groups is 1. The van der Waals surface area contributed by atoms with Gasteiger partial charge in [-0.05, 0) is 49.3 Å². The Labute approximate surface area is 149 Å². The fourth-order valence-corrected chi connectivity index (χ4v) is 2.60. The summed E-state index contributed by atoms with van der Waals surface area (Å²) < 4.78 is 12.9. The predicted molar refractivity (Wildman–Crippen MR) is 102 cm³/mol. The average Bonchev–Trinajstić information content (AvgIpc) is 2.60. The Hall–Kier alpha value is -2.40. The molecule has 134 valence electrons. The topological polar surface area (TPSA) is 39.7 Å². The van der Waals surface area contributed by atoms with E-state index in [2.05, 4.69) is 58.9 Å². The van der Waals surface area contributed by atoms with E-state index in [1.54, 1.807) is 7.05 Å². The molecule has 0 aliphatic heterocycles. The van der Waals surface area contributed by atoms with Gasteiger partial charge in [0.25, 0.3) is 0 Å². The minimum atomic E-state index is -0.203. The van der Waals surface area contributed by atoms with Gasteiger partial charge in [0.2, 0.25) is 0 Å². The maximum Gasteiger partial charge on any atom is 0.191 e. The van der Waals surface area contributed by atoms with Gasteiger partial charge in [0.1, 0.15) is 5.82 Å². The van der Waals surface area contributed by atoms with Crippen LogP contribution in [0, 0.1) is 5.82 Å². The quantitative estimate of drug-likeness (QED) is 0.600. The van der Waals surface area contributed by atoms with Crippen LogP contribution >= 0.6 is 0 Å². The lowest BCUT2D eigenvalue weighted by atomic mass is 10.1. The van der Waals surface area contributed by atoms with E-state index in [4.69, 9.17) is 0 Å². The fraction of sp³-hybridized carbons (Fsp3) is 0.350. The molecule has 0 aromatic heterocycles. The van der Waals surface area contributed by atoms with Crippen LogP contribution in [0.25, 0.3) is 0 Å². The third-order valence-corrected chi connectivity index (χ3v) is 3.89. The van der Waals surface area contributed by atoms with E-state index in [1.165, 1.54) is 23.3 Å². The lowest BCUT2D eigenvalue weighted by Gasteiger charge is -2.16. The van der Waals surface area contributed by atoms with Gasteiger partial charge in [0, 0.05) is 26.7 Å². The van der Waals surface area contributed by atoms with Crippen molar-refractivity contribution in [3.8, 4) is 0 Å². The number of hydrogen-bond acceptors (Lipinski definition) is 2. The molecular weight excluding hydrogens is 315 g/mol. The number of rotatable bonds is 7. The third kappa shape index (κ3) is 6.55. The second-order valence-electron chi connectivity index (χ2n) is 6.24. The van der Waals surface area contributed by atoms with Crippen LogP contribution in [0.2, 0.25) is 0 Å².